The Hall–Kier alpha value is -3.66. The fourth-order valence-electron chi connectivity index (χ4n) is 3.12. The maximum Gasteiger partial charge on any atom is 0.244 e. The summed E-state index contributed by atoms with van der Waals surface area (Å²) in [5, 5.41) is 16.5. The molecule has 0 fully saturated rings. The molecule has 3 aromatic rings. The molecule has 1 aliphatic rings. The van der Waals surface area contributed by atoms with E-state index in [1.807, 2.05) is 36.4 Å². The van der Waals surface area contributed by atoms with Crippen molar-refractivity contribution in [1.29, 1.82) is 5.26 Å². The fourth-order valence-corrected chi connectivity index (χ4v) is 3.12. The van der Waals surface area contributed by atoms with E-state index < -0.39 is 17.6 Å². The van der Waals surface area contributed by atoms with Gasteiger partial charge in [-0.05, 0) is 11.6 Å². The van der Waals surface area contributed by atoms with E-state index in [4.69, 9.17) is 10.5 Å². The minimum atomic E-state index is -0.863. The van der Waals surface area contributed by atoms with E-state index in [1.165, 1.54) is 6.07 Å². The fraction of sp³-hybridized carbons (Fsp3) is 0.0526. The highest BCUT2D eigenvalue weighted by Gasteiger charge is 2.36. The largest absolute Gasteiger partial charge is 0.420 e. The second-order valence-corrected chi connectivity index (χ2v) is 5.77. The van der Waals surface area contributed by atoms with Gasteiger partial charge in [-0.2, -0.15) is 5.26 Å². The molecule has 0 unspecified atom stereocenters. The molecule has 1 aromatic heterocycles. The zero-order valence-corrected chi connectivity index (χ0v) is 13.3. The number of fused-ring (bicyclic) bond motifs is 1. The van der Waals surface area contributed by atoms with Gasteiger partial charge in [0.2, 0.25) is 11.8 Å². The number of ether oxygens (including phenoxy) is 1. The highest BCUT2D eigenvalue weighted by Crippen LogP contribution is 2.46. The number of rotatable bonds is 2. The Balaban J connectivity index is 1.99. The van der Waals surface area contributed by atoms with Gasteiger partial charge in [-0.15, -0.1) is 5.10 Å². The summed E-state index contributed by atoms with van der Waals surface area (Å²) in [6.45, 7) is 0. The molecule has 1 aliphatic heterocycles. The number of allylic oxidation sites excluding steroid dienone is 1. The van der Waals surface area contributed by atoms with E-state index in [0.29, 0.717) is 11.3 Å². The predicted molar refractivity (Wildman–Crippen MR) is 89.7 cm³/mol. The average Bonchev–Trinajstić information content (AvgIpc) is 3.05. The van der Waals surface area contributed by atoms with Gasteiger partial charge in [-0.1, -0.05) is 36.4 Å². The van der Waals surface area contributed by atoms with Crippen LogP contribution in [0, 0.1) is 23.0 Å². The lowest BCUT2D eigenvalue weighted by Crippen LogP contribution is -2.21. The lowest BCUT2D eigenvalue weighted by Gasteiger charge is -2.24. The van der Waals surface area contributed by atoms with Crippen molar-refractivity contribution in [2.24, 2.45) is 5.73 Å². The van der Waals surface area contributed by atoms with Crippen molar-refractivity contribution in [1.82, 2.24) is 10.2 Å². The molecule has 2 heterocycles. The van der Waals surface area contributed by atoms with Crippen LogP contribution in [-0.4, -0.2) is 10.2 Å². The van der Waals surface area contributed by atoms with Crippen LogP contribution < -0.4 is 10.5 Å². The van der Waals surface area contributed by atoms with E-state index >= 15 is 0 Å². The van der Waals surface area contributed by atoms with Gasteiger partial charge >= 0.3 is 0 Å². The molecule has 128 valence electrons. The molecule has 0 bridgehead atoms. The quantitative estimate of drug-likeness (QED) is 0.739. The molecule has 0 radical (unpaired) electrons. The van der Waals surface area contributed by atoms with Crippen molar-refractivity contribution in [3.63, 3.8) is 0 Å². The zero-order valence-electron chi connectivity index (χ0n) is 13.3. The molecule has 4 rings (SSSR count). The van der Waals surface area contributed by atoms with Crippen molar-refractivity contribution in [2.75, 3.05) is 0 Å². The SMILES string of the molecule is N#CC1=C(N)Oc2n[nH]c(-c3ccccc3)c2[C@H]1c1ccc(F)cc1F. The van der Waals surface area contributed by atoms with Gasteiger partial charge in [0.1, 0.15) is 23.3 Å². The van der Waals surface area contributed by atoms with Crippen molar-refractivity contribution >= 4 is 0 Å². The van der Waals surface area contributed by atoms with Crippen LogP contribution in [0.25, 0.3) is 11.3 Å². The number of aromatic amines is 1. The third kappa shape index (κ3) is 2.40. The highest BCUT2D eigenvalue weighted by atomic mass is 19.1. The first kappa shape index (κ1) is 15.8. The van der Waals surface area contributed by atoms with Crippen molar-refractivity contribution < 1.29 is 13.5 Å². The van der Waals surface area contributed by atoms with Gasteiger partial charge in [0.05, 0.1) is 17.2 Å². The number of halogens is 2. The Morgan fingerprint density at radius 3 is 2.62 bits per heavy atom. The molecular formula is C19H12F2N4O. The minimum absolute atomic E-state index is 0.0431. The number of H-pyrrole nitrogens is 1. The Morgan fingerprint density at radius 2 is 1.92 bits per heavy atom. The van der Waals surface area contributed by atoms with Gasteiger partial charge in [0.25, 0.3) is 0 Å². The van der Waals surface area contributed by atoms with Crippen molar-refractivity contribution in [3.8, 4) is 23.2 Å². The third-order valence-electron chi connectivity index (χ3n) is 4.27. The van der Waals surface area contributed by atoms with E-state index in [1.54, 1.807) is 0 Å². The van der Waals surface area contributed by atoms with Gasteiger partial charge in [0, 0.05) is 11.6 Å². The van der Waals surface area contributed by atoms with Crippen LogP contribution in [0.1, 0.15) is 17.0 Å². The summed E-state index contributed by atoms with van der Waals surface area (Å²) in [7, 11) is 0. The van der Waals surface area contributed by atoms with Crippen LogP contribution in [0.15, 0.2) is 60.0 Å². The number of aromatic nitrogens is 2. The Morgan fingerprint density at radius 1 is 1.15 bits per heavy atom. The molecule has 7 heteroatoms. The number of nitrogens with one attached hydrogen (secondary N) is 1. The number of benzene rings is 2. The maximum atomic E-state index is 14.5. The molecule has 5 nitrogen and oxygen atoms in total. The predicted octanol–water partition coefficient (Wildman–Crippen LogP) is 3.57. The summed E-state index contributed by atoms with van der Waals surface area (Å²) >= 11 is 0. The first-order chi connectivity index (χ1) is 12.6. The lowest BCUT2D eigenvalue weighted by atomic mass is 9.82. The molecular weight excluding hydrogens is 338 g/mol. The average molecular weight is 350 g/mol. The Kier molecular flexibility index (Phi) is 3.66. The third-order valence-corrected chi connectivity index (χ3v) is 4.27. The van der Waals surface area contributed by atoms with Gasteiger partial charge in [-0.25, -0.2) is 8.78 Å². The van der Waals surface area contributed by atoms with Crippen LogP contribution in [0.5, 0.6) is 5.88 Å². The highest BCUT2D eigenvalue weighted by molar-refractivity contribution is 5.70. The number of hydrogen-bond acceptors (Lipinski definition) is 4. The molecule has 0 saturated carbocycles. The van der Waals surface area contributed by atoms with Gasteiger partial charge < -0.3 is 10.5 Å². The minimum Gasteiger partial charge on any atom is -0.420 e. The molecule has 2 aromatic carbocycles. The summed E-state index contributed by atoms with van der Waals surface area (Å²) in [5.41, 5.74) is 7.85. The Labute approximate surface area is 147 Å². The van der Waals surface area contributed by atoms with Crippen LogP contribution >= 0.6 is 0 Å². The van der Waals surface area contributed by atoms with Gasteiger partial charge in [-0.3, -0.25) is 5.10 Å². The second-order valence-electron chi connectivity index (χ2n) is 5.77. The summed E-state index contributed by atoms with van der Waals surface area (Å²) < 4.78 is 33.3. The Bertz CT molecular complexity index is 1070. The summed E-state index contributed by atoms with van der Waals surface area (Å²) in [6.07, 6.45) is 0. The number of nitriles is 1. The monoisotopic (exact) mass is 350 g/mol. The molecule has 0 spiro atoms. The number of hydrogen-bond donors (Lipinski definition) is 2. The van der Waals surface area contributed by atoms with Gasteiger partial charge in [0.15, 0.2) is 0 Å². The van der Waals surface area contributed by atoms with Crippen LogP contribution in [-0.2, 0) is 0 Å². The van der Waals surface area contributed by atoms with Crippen molar-refractivity contribution in [2.45, 2.75) is 5.92 Å². The topological polar surface area (TPSA) is 87.7 Å². The van der Waals surface area contributed by atoms with Crippen LogP contribution in [0.2, 0.25) is 0 Å². The number of nitrogens with zero attached hydrogens (tertiary/aromatic N) is 2. The molecule has 1 atom stereocenters. The maximum absolute atomic E-state index is 14.5. The first-order valence-electron chi connectivity index (χ1n) is 7.76. The molecule has 3 N–H and O–H groups in total. The van der Waals surface area contributed by atoms with E-state index in [-0.39, 0.29) is 22.9 Å². The number of nitrogens with two attached hydrogens (primary N) is 1. The lowest BCUT2D eigenvalue weighted by molar-refractivity contribution is 0.378. The van der Waals surface area contributed by atoms with E-state index in [9.17, 15) is 14.0 Å². The molecule has 0 aliphatic carbocycles. The molecule has 0 amide bonds. The first-order valence-corrected chi connectivity index (χ1v) is 7.76. The van der Waals surface area contributed by atoms with E-state index in [2.05, 4.69) is 10.2 Å². The standard InChI is InChI=1S/C19H12F2N4O/c20-11-6-7-12(14(21)8-11)15-13(9-22)18(23)26-19-16(15)17(24-25-19)10-4-2-1-3-5-10/h1-8,15H,23H2,(H,24,25)/t15-/m0/s1. The molecule has 26 heavy (non-hydrogen) atoms. The smallest absolute Gasteiger partial charge is 0.244 e. The zero-order chi connectivity index (χ0) is 18.3. The normalized spacial score (nSPS) is 16.0. The summed E-state index contributed by atoms with van der Waals surface area (Å²) in [4.78, 5) is 0. The van der Waals surface area contributed by atoms with Crippen LogP contribution in [0.4, 0.5) is 8.78 Å². The van der Waals surface area contributed by atoms with Crippen molar-refractivity contribution in [3.05, 3.63) is 82.7 Å². The summed E-state index contributed by atoms with van der Waals surface area (Å²) in [5.74, 6) is -2.33. The van der Waals surface area contributed by atoms with E-state index in [0.717, 1.165) is 17.7 Å². The molecule has 0 saturated heterocycles. The summed E-state index contributed by atoms with van der Waals surface area (Å²) in [6, 6.07) is 14.4. The van der Waals surface area contributed by atoms with Crippen LogP contribution in [0.3, 0.4) is 0 Å². The second kappa shape index (κ2) is 6.01.